The minimum absolute atomic E-state index is 0.153. The van der Waals surface area contributed by atoms with Crippen LogP contribution in [-0.4, -0.2) is 66.1 Å². The van der Waals surface area contributed by atoms with Crippen LogP contribution in [-0.2, 0) is 22.7 Å². The number of aromatic nitrogens is 2. The molecule has 0 atom stereocenters. The zero-order chi connectivity index (χ0) is 36.2. The second-order valence-electron chi connectivity index (χ2n) is 13.4. The molecule has 1 amide bonds. The molecule has 3 aromatic carbocycles. The second-order valence-corrected chi connectivity index (χ2v) is 13.4. The Bertz CT molecular complexity index is 1860. The van der Waals surface area contributed by atoms with Crippen LogP contribution in [0.5, 0.6) is 23.3 Å². The molecule has 52 heavy (non-hydrogen) atoms. The fraction of sp³-hybridized carbons (Fsp3) is 0.310. The minimum Gasteiger partial charge on any atom is -0.491 e. The van der Waals surface area contributed by atoms with Gasteiger partial charge in [-0.1, -0.05) is 72.8 Å². The molecule has 2 aromatic heterocycles. The molecule has 3 heterocycles. The molecule has 1 aliphatic rings. The maximum absolute atomic E-state index is 12.3. The monoisotopic (exact) mass is 703 g/mol. The standard InChI is InChI=1S/C42H45N3O7/c1-42(2,3)52-41(46)45-27-34(28-45)37-26-43-21-20-38(37)49-25-23-47-22-24-48-35-16-14-33(15-17-35)36-18-19-39(50-29-31-10-6-4-7-11-31)44-40(36)51-30-32-12-8-5-9-13-32/h4-21,26,34H,22-25,27-30H2,1-3H3. The summed E-state index contributed by atoms with van der Waals surface area (Å²) < 4.78 is 35.4. The van der Waals surface area contributed by atoms with Crippen molar-refractivity contribution in [2.75, 3.05) is 39.5 Å². The number of benzene rings is 3. The van der Waals surface area contributed by atoms with Crippen LogP contribution in [0.1, 0.15) is 43.4 Å². The molecule has 0 aliphatic carbocycles. The van der Waals surface area contributed by atoms with Crippen LogP contribution in [0.2, 0.25) is 0 Å². The number of likely N-dealkylation sites (tertiary alicyclic amines) is 1. The summed E-state index contributed by atoms with van der Waals surface area (Å²) in [6.07, 6.45) is 3.21. The molecule has 0 saturated carbocycles. The molecule has 1 fully saturated rings. The predicted octanol–water partition coefficient (Wildman–Crippen LogP) is 8.11. The number of amides is 1. The zero-order valence-corrected chi connectivity index (χ0v) is 29.9. The summed E-state index contributed by atoms with van der Waals surface area (Å²) in [6.45, 7) is 9.12. The summed E-state index contributed by atoms with van der Waals surface area (Å²) in [4.78, 5) is 23.0. The highest BCUT2D eigenvalue weighted by Gasteiger charge is 2.36. The fourth-order valence-electron chi connectivity index (χ4n) is 5.54. The van der Waals surface area contributed by atoms with Gasteiger partial charge in [0, 0.05) is 48.6 Å². The van der Waals surface area contributed by atoms with E-state index in [1.54, 1.807) is 17.3 Å². The molecular formula is C42H45N3O7. The lowest BCUT2D eigenvalue weighted by Gasteiger charge is -2.40. The predicted molar refractivity (Wildman–Crippen MR) is 198 cm³/mol. The lowest BCUT2D eigenvalue weighted by Crippen LogP contribution is -2.50. The van der Waals surface area contributed by atoms with Crippen molar-refractivity contribution < 1.29 is 33.2 Å². The van der Waals surface area contributed by atoms with Gasteiger partial charge in [0.2, 0.25) is 11.8 Å². The van der Waals surface area contributed by atoms with Crippen molar-refractivity contribution >= 4 is 6.09 Å². The van der Waals surface area contributed by atoms with E-state index in [9.17, 15) is 4.79 Å². The smallest absolute Gasteiger partial charge is 0.410 e. The van der Waals surface area contributed by atoms with Crippen molar-refractivity contribution in [3.8, 4) is 34.4 Å². The van der Waals surface area contributed by atoms with Crippen LogP contribution in [0.4, 0.5) is 4.79 Å². The van der Waals surface area contributed by atoms with E-state index in [0.717, 1.165) is 39.3 Å². The number of hydrogen-bond acceptors (Lipinski definition) is 9. The van der Waals surface area contributed by atoms with Gasteiger partial charge in [-0.05, 0) is 61.7 Å². The lowest BCUT2D eigenvalue weighted by molar-refractivity contribution is 0.00783. The summed E-state index contributed by atoms with van der Waals surface area (Å²) >= 11 is 0. The van der Waals surface area contributed by atoms with E-state index in [0.29, 0.717) is 64.5 Å². The Hall–Kier alpha value is -5.61. The Kier molecular flexibility index (Phi) is 12.2. The van der Waals surface area contributed by atoms with E-state index < -0.39 is 5.60 Å². The molecule has 0 radical (unpaired) electrons. The van der Waals surface area contributed by atoms with Crippen LogP contribution < -0.4 is 18.9 Å². The van der Waals surface area contributed by atoms with E-state index in [-0.39, 0.29) is 12.0 Å². The van der Waals surface area contributed by atoms with Crippen LogP contribution in [0.25, 0.3) is 11.1 Å². The number of rotatable bonds is 16. The normalized spacial score (nSPS) is 12.9. The van der Waals surface area contributed by atoms with Crippen molar-refractivity contribution in [3.63, 3.8) is 0 Å². The maximum atomic E-state index is 12.3. The highest BCUT2D eigenvalue weighted by molar-refractivity contribution is 5.70. The summed E-state index contributed by atoms with van der Waals surface area (Å²) in [5.74, 6) is 2.62. The van der Waals surface area contributed by atoms with Gasteiger partial charge in [-0.25, -0.2) is 4.79 Å². The van der Waals surface area contributed by atoms with Crippen LogP contribution in [0.15, 0.2) is 116 Å². The minimum atomic E-state index is -0.519. The van der Waals surface area contributed by atoms with Crippen molar-refractivity contribution in [3.05, 3.63) is 132 Å². The van der Waals surface area contributed by atoms with Crippen molar-refractivity contribution in [1.82, 2.24) is 14.9 Å². The van der Waals surface area contributed by atoms with Crippen molar-refractivity contribution in [2.24, 2.45) is 0 Å². The average molecular weight is 704 g/mol. The zero-order valence-electron chi connectivity index (χ0n) is 29.9. The van der Waals surface area contributed by atoms with E-state index in [2.05, 4.69) is 4.98 Å². The molecule has 10 nitrogen and oxygen atoms in total. The number of ether oxygens (including phenoxy) is 6. The van der Waals surface area contributed by atoms with Gasteiger partial charge in [0.05, 0.1) is 13.2 Å². The van der Waals surface area contributed by atoms with Gasteiger partial charge in [0.15, 0.2) is 0 Å². The van der Waals surface area contributed by atoms with Gasteiger partial charge >= 0.3 is 6.09 Å². The summed E-state index contributed by atoms with van der Waals surface area (Å²) in [5, 5.41) is 0. The van der Waals surface area contributed by atoms with Gasteiger partial charge in [-0.15, -0.1) is 0 Å². The number of nitrogens with zero attached hydrogens (tertiary/aromatic N) is 3. The van der Waals surface area contributed by atoms with E-state index in [1.807, 2.05) is 124 Å². The van der Waals surface area contributed by atoms with Crippen LogP contribution in [0.3, 0.4) is 0 Å². The Morgan fingerprint density at radius 3 is 2.06 bits per heavy atom. The van der Waals surface area contributed by atoms with Crippen LogP contribution in [0, 0.1) is 0 Å². The SMILES string of the molecule is CC(C)(C)OC(=O)N1CC(c2cnccc2OCCOCCOc2ccc(-c3ccc(OCc4ccccc4)nc3OCc3ccccc3)cc2)C1. The number of carbonyl (C=O) groups excluding carboxylic acids is 1. The molecular weight excluding hydrogens is 658 g/mol. The Balaban J connectivity index is 0.955. The third-order valence-electron chi connectivity index (χ3n) is 8.21. The van der Waals surface area contributed by atoms with E-state index >= 15 is 0 Å². The molecule has 0 N–H and O–H groups in total. The summed E-state index contributed by atoms with van der Waals surface area (Å²) in [7, 11) is 0. The number of carbonyl (C=O) groups is 1. The maximum Gasteiger partial charge on any atom is 0.410 e. The molecule has 0 bridgehead atoms. The molecule has 5 aromatic rings. The lowest BCUT2D eigenvalue weighted by atomic mass is 9.92. The largest absolute Gasteiger partial charge is 0.491 e. The van der Waals surface area contributed by atoms with E-state index in [4.69, 9.17) is 33.4 Å². The fourth-order valence-corrected chi connectivity index (χ4v) is 5.54. The molecule has 1 aliphatic heterocycles. The highest BCUT2D eigenvalue weighted by atomic mass is 16.6. The number of hydrogen-bond donors (Lipinski definition) is 0. The highest BCUT2D eigenvalue weighted by Crippen LogP contribution is 2.34. The van der Waals surface area contributed by atoms with Crippen molar-refractivity contribution in [1.29, 1.82) is 0 Å². The molecule has 0 unspecified atom stereocenters. The second kappa shape index (κ2) is 17.5. The van der Waals surface area contributed by atoms with Crippen LogP contribution >= 0.6 is 0 Å². The van der Waals surface area contributed by atoms with Gasteiger partial charge < -0.3 is 33.3 Å². The van der Waals surface area contributed by atoms with Gasteiger partial charge in [0.25, 0.3) is 0 Å². The molecule has 0 spiro atoms. The van der Waals surface area contributed by atoms with Gasteiger partial charge in [0.1, 0.15) is 43.5 Å². The summed E-state index contributed by atoms with van der Waals surface area (Å²) in [6, 6.07) is 33.5. The third-order valence-corrected chi connectivity index (χ3v) is 8.21. The first-order valence-electron chi connectivity index (χ1n) is 17.5. The Morgan fingerprint density at radius 1 is 0.731 bits per heavy atom. The first kappa shape index (κ1) is 36.2. The molecule has 1 saturated heterocycles. The topological polar surface area (TPSA) is 101 Å². The van der Waals surface area contributed by atoms with E-state index in [1.165, 1.54) is 0 Å². The molecule has 10 heteroatoms. The molecule has 6 rings (SSSR count). The Labute approximate surface area is 305 Å². The number of pyridine rings is 2. The first-order chi connectivity index (χ1) is 25.3. The quantitative estimate of drug-likeness (QED) is 0.0944. The van der Waals surface area contributed by atoms with Gasteiger partial charge in [-0.3, -0.25) is 4.98 Å². The average Bonchev–Trinajstić information content (AvgIpc) is 3.13. The third kappa shape index (κ3) is 10.5. The van der Waals surface area contributed by atoms with Gasteiger partial charge in [-0.2, -0.15) is 4.98 Å². The Morgan fingerprint density at radius 2 is 1.38 bits per heavy atom. The first-order valence-corrected chi connectivity index (χ1v) is 17.5. The van der Waals surface area contributed by atoms with Crippen molar-refractivity contribution in [2.45, 2.75) is 45.5 Å². The summed E-state index contributed by atoms with van der Waals surface area (Å²) in [5.41, 5.74) is 4.37. The molecule has 270 valence electrons.